The van der Waals surface area contributed by atoms with Gasteiger partial charge in [-0.1, -0.05) is 16.4 Å². The summed E-state index contributed by atoms with van der Waals surface area (Å²) in [5.74, 6) is 0. The van der Waals surface area contributed by atoms with Crippen molar-refractivity contribution >= 4 is 91.4 Å². The first-order chi connectivity index (χ1) is 14.4. The van der Waals surface area contributed by atoms with Crippen molar-refractivity contribution in [3.63, 3.8) is 0 Å². The number of nitrogens with zero attached hydrogens (tertiary/aromatic N) is 3. The van der Waals surface area contributed by atoms with Gasteiger partial charge >= 0.3 is 0 Å². The number of halogens is 3. The van der Waals surface area contributed by atoms with E-state index in [-0.39, 0.29) is 15.4 Å². The molecule has 11 nitrogen and oxygen atoms in total. The second-order valence-corrected chi connectivity index (χ2v) is 18.0. The highest BCUT2D eigenvalue weighted by Gasteiger charge is 2.35. The molecule has 3 rings (SSSR count). The molecule has 3 aromatic rings. The number of sulfonamides is 2. The Morgan fingerprint density at radius 3 is 2.23 bits per heavy atom. The Bertz CT molecular complexity index is 1350. The average Bonchev–Trinajstić information content (AvgIpc) is 3.12. The second kappa shape index (κ2) is 9.24. The molecule has 0 bridgehead atoms. The maximum Gasteiger partial charge on any atom is 0.264 e. The summed E-state index contributed by atoms with van der Waals surface area (Å²) in [7, 11) is -7.75. The predicted molar refractivity (Wildman–Crippen MR) is 129 cm³/mol. The van der Waals surface area contributed by atoms with Crippen LogP contribution in [-0.4, -0.2) is 38.5 Å². The molecule has 0 aliphatic heterocycles. The van der Waals surface area contributed by atoms with Crippen LogP contribution in [0.25, 0.3) is 5.69 Å². The molecule has 0 saturated carbocycles. The van der Waals surface area contributed by atoms with Crippen LogP contribution in [0.15, 0.2) is 53.4 Å². The third-order valence-corrected chi connectivity index (χ3v) is 10.1. The minimum absolute atomic E-state index is 0.000219. The first kappa shape index (κ1) is 24.3. The van der Waals surface area contributed by atoms with Gasteiger partial charge in [0.1, 0.15) is 0 Å². The van der Waals surface area contributed by atoms with Crippen LogP contribution in [0, 0.1) is 4.77 Å². The normalized spacial score (nSPS) is 12.5. The number of benzene rings is 2. The van der Waals surface area contributed by atoms with Gasteiger partial charge in [0.15, 0.2) is 0 Å². The van der Waals surface area contributed by atoms with Crippen LogP contribution in [0.2, 0.25) is 0 Å². The largest absolute Gasteiger partial charge is 0.308 e. The number of H-pyrrole nitrogens is 1. The number of hydrogen-bond donors (Lipinski definition) is 4. The molecule has 1 heterocycles. The zero-order chi connectivity index (χ0) is 22.9. The molecule has 0 saturated heterocycles. The molecule has 0 unspecified atom stereocenters. The van der Waals surface area contributed by atoms with E-state index in [1.165, 1.54) is 41.1 Å². The lowest BCUT2D eigenvalue weighted by Gasteiger charge is -2.16. The number of rotatable bonds is 7. The Kier molecular flexibility index (Phi) is 7.24. The minimum atomic E-state index is -3.91. The second-order valence-electron chi connectivity index (χ2n) is 5.77. The smallest absolute Gasteiger partial charge is 0.264 e. The SMILES string of the molecule is O=S(=O)(Nc1ccc(NNS(=O)(=O)C(Br)(Br)Br)cc1)c1cccc(-n2[nH]nnc2=S)c1. The monoisotopic (exact) mass is 675 g/mol. The molecule has 0 amide bonds. The Balaban J connectivity index is 1.74. The third kappa shape index (κ3) is 5.91. The summed E-state index contributed by atoms with van der Waals surface area (Å²) in [5, 5.41) is 9.79. The number of hydrazine groups is 1. The van der Waals surface area contributed by atoms with Gasteiger partial charge in [0.2, 0.25) is 6.25 Å². The molecule has 31 heavy (non-hydrogen) atoms. The number of aromatic nitrogens is 4. The van der Waals surface area contributed by atoms with Gasteiger partial charge in [-0.05, 0) is 102 Å². The van der Waals surface area contributed by atoms with E-state index >= 15 is 0 Å². The molecule has 0 spiro atoms. The van der Waals surface area contributed by atoms with Crippen molar-refractivity contribution in [1.82, 2.24) is 25.0 Å². The number of alkyl halides is 3. The average molecular weight is 678 g/mol. The maximum atomic E-state index is 12.8. The van der Waals surface area contributed by atoms with Gasteiger partial charge in [-0.25, -0.2) is 21.5 Å². The lowest BCUT2D eigenvalue weighted by atomic mass is 10.3. The van der Waals surface area contributed by atoms with E-state index in [0.29, 0.717) is 11.4 Å². The first-order valence-electron chi connectivity index (χ1n) is 7.97. The molecule has 1 aromatic heterocycles. The maximum absolute atomic E-state index is 12.8. The number of nitrogens with one attached hydrogen (secondary N) is 4. The number of tetrazole rings is 1. The van der Waals surface area contributed by atoms with E-state index in [9.17, 15) is 16.8 Å². The van der Waals surface area contributed by atoms with Crippen LogP contribution in [0.3, 0.4) is 0 Å². The molecular formula is C14H12Br3N7O4S3. The van der Waals surface area contributed by atoms with Crippen LogP contribution >= 0.6 is 60.0 Å². The Labute approximate surface area is 207 Å². The molecular weight excluding hydrogens is 666 g/mol. The lowest BCUT2D eigenvalue weighted by Crippen LogP contribution is -2.37. The van der Waals surface area contributed by atoms with Crippen molar-refractivity contribution < 1.29 is 16.8 Å². The van der Waals surface area contributed by atoms with Gasteiger partial charge in [0.05, 0.1) is 10.6 Å². The summed E-state index contributed by atoms with van der Waals surface area (Å²) in [6, 6.07) is 12.0. The van der Waals surface area contributed by atoms with Crippen molar-refractivity contribution in [3.8, 4) is 5.69 Å². The standard InChI is InChI=1S/C14H12Br3N7O4S3/c15-14(16,17)31(27,28)23-18-9-4-6-10(7-5-9)20-30(25,26)12-3-1-2-11(8-12)24-13(29)19-21-22-24/h1-8,18,20,23H,(H,19,22,29). The van der Waals surface area contributed by atoms with Crippen LogP contribution in [0.4, 0.5) is 11.4 Å². The molecule has 17 heteroatoms. The van der Waals surface area contributed by atoms with Crippen molar-refractivity contribution in [2.45, 2.75) is 6.37 Å². The molecule has 0 aliphatic rings. The van der Waals surface area contributed by atoms with Crippen LogP contribution in [0.5, 0.6) is 0 Å². The predicted octanol–water partition coefficient (Wildman–Crippen LogP) is 3.17. The summed E-state index contributed by atoms with van der Waals surface area (Å²) in [5.41, 5.74) is 3.61. The van der Waals surface area contributed by atoms with Crippen molar-refractivity contribution in [2.75, 3.05) is 10.1 Å². The zero-order valence-corrected chi connectivity index (χ0v) is 22.2. The fourth-order valence-corrected chi connectivity index (χ4v) is 4.56. The van der Waals surface area contributed by atoms with Crippen molar-refractivity contribution in [1.29, 1.82) is 0 Å². The number of anilines is 2. The van der Waals surface area contributed by atoms with E-state index in [0.717, 1.165) is 0 Å². The van der Waals surface area contributed by atoms with Gasteiger partial charge in [-0.15, -0.1) is 4.83 Å². The van der Waals surface area contributed by atoms with Crippen molar-refractivity contribution in [3.05, 3.63) is 53.3 Å². The van der Waals surface area contributed by atoms with Crippen molar-refractivity contribution in [2.24, 2.45) is 0 Å². The van der Waals surface area contributed by atoms with E-state index in [1.807, 2.05) is 0 Å². The van der Waals surface area contributed by atoms with Crippen LogP contribution in [-0.2, 0) is 20.0 Å². The molecule has 166 valence electrons. The Hall–Kier alpha value is -1.37. The lowest BCUT2D eigenvalue weighted by molar-refractivity contribution is 0.590. The summed E-state index contributed by atoms with van der Waals surface area (Å²) >= 11 is 13.8. The van der Waals surface area contributed by atoms with Gasteiger partial charge in [0, 0.05) is 11.4 Å². The number of aromatic amines is 1. The molecule has 0 atom stereocenters. The fourth-order valence-electron chi connectivity index (χ4n) is 2.17. The van der Waals surface area contributed by atoms with Crippen LogP contribution in [0.1, 0.15) is 0 Å². The highest BCUT2D eigenvalue weighted by molar-refractivity contribution is 9.42. The van der Waals surface area contributed by atoms with E-state index in [1.54, 1.807) is 12.1 Å². The van der Waals surface area contributed by atoms with E-state index in [4.69, 9.17) is 12.2 Å². The highest BCUT2D eigenvalue weighted by Crippen LogP contribution is 2.38. The Morgan fingerprint density at radius 1 is 1.00 bits per heavy atom. The fraction of sp³-hybridized carbons (Fsp3) is 0.0714. The molecule has 0 aliphatic carbocycles. The summed E-state index contributed by atoms with van der Waals surface area (Å²) < 4.78 is 51.8. The minimum Gasteiger partial charge on any atom is -0.308 e. The molecule has 2 aromatic carbocycles. The van der Waals surface area contributed by atoms with Crippen LogP contribution < -0.4 is 15.0 Å². The summed E-state index contributed by atoms with van der Waals surface area (Å²) in [4.78, 5) is 2.15. The van der Waals surface area contributed by atoms with Gasteiger partial charge < -0.3 is 5.43 Å². The van der Waals surface area contributed by atoms with E-state index in [2.05, 4.69) is 78.3 Å². The molecule has 4 N–H and O–H groups in total. The molecule has 0 radical (unpaired) electrons. The third-order valence-electron chi connectivity index (χ3n) is 3.63. The highest BCUT2D eigenvalue weighted by atomic mass is 80.0. The summed E-state index contributed by atoms with van der Waals surface area (Å²) in [6.45, 7) is 0. The van der Waals surface area contributed by atoms with E-state index < -0.39 is 21.5 Å². The molecule has 0 fully saturated rings. The first-order valence-corrected chi connectivity index (χ1v) is 13.7. The quantitative estimate of drug-likeness (QED) is 0.169. The van der Waals surface area contributed by atoms with Gasteiger partial charge in [-0.3, -0.25) is 4.72 Å². The topological polar surface area (TPSA) is 151 Å². The van der Waals surface area contributed by atoms with Gasteiger partial charge in [-0.2, -0.15) is 5.21 Å². The zero-order valence-electron chi connectivity index (χ0n) is 15.0. The Morgan fingerprint density at radius 2 is 1.65 bits per heavy atom. The number of hydrogen-bond acceptors (Lipinski definition) is 8. The summed E-state index contributed by atoms with van der Waals surface area (Å²) in [6.07, 6.45) is 0. The van der Waals surface area contributed by atoms with Gasteiger partial charge in [0.25, 0.3) is 20.0 Å².